The molecule has 5 nitrogen and oxygen atoms in total. The van der Waals surface area contributed by atoms with E-state index in [4.69, 9.17) is 0 Å². The van der Waals surface area contributed by atoms with Crippen molar-refractivity contribution in [2.24, 2.45) is 0 Å². The number of benzene rings is 2. The van der Waals surface area contributed by atoms with Gasteiger partial charge in [-0.15, -0.1) is 0 Å². The minimum atomic E-state index is -0.297. The number of carbonyl (C=O) groups is 3. The molecule has 0 bridgehead atoms. The van der Waals surface area contributed by atoms with Crippen LogP contribution in [0, 0.1) is 0 Å². The molecule has 2 aromatic rings. The van der Waals surface area contributed by atoms with Gasteiger partial charge in [-0.1, -0.05) is 42.5 Å². The van der Waals surface area contributed by atoms with Crippen LogP contribution in [0.4, 0.5) is 0 Å². The Morgan fingerprint density at radius 3 is 2.12 bits per heavy atom. The number of hydrogen-bond acceptors (Lipinski definition) is 4. The van der Waals surface area contributed by atoms with E-state index in [2.05, 4.69) is 4.74 Å². The molecule has 1 unspecified atom stereocenters. The van der Waals surface area contributed by atoms with Crippen molar-refractivity contribution in [3.63, 3.8) is 0 Å². The summed E-state index contributed by atoms with van der Waals surface area (Å²) in [6.45, 7) is 0. The van der Waals surface area contributed by atoms with Crippen LogP contribution >= 0.6 is 0 Å². The molecule has 0 radical (unpaired) electrons. The third-order valence-electron chi connectivity index (χ3n) is 4.65. The van der Waals surface area contributed by atoms with E-state index in [-0.39, 0.29) is 30.2 Å². The zero-order valence-electron chi connectivity index (χ0n) is 14.7. The lowest BCUT2D eigenvalue weighted by Gasteiger charge is -2.26. The van der Waals surface area contributed by atoms with Crippen molar-refractivity contribution >= 4 is 17.8 Å². The summed E-state index contributed by atoms with van der Waals surface area (Å²) in [6, 6.07) is 16.3. The Balaban J connectivity index is 1.82. The molecule has 1 aliphatic rings. The zero-order valence-corrected chi connectivity index (χ0v) is 14.7. The quantitative estimate of drug-likeness (QED) is 0.567. The molecule has 0 saturated heterocycles. The van der Waals surface area contributed by atoms with Crippen LogP contribution in [0.15, 0.2) is 54.6 Å². The molecule has 2 aromatic carbocycles. The molecule has 0 aliphatic carbocycles. The summed E-state index contributed by atoms with van der Waals surface area (Å²) in [5, 5.41) is 0. The second-order valence-corrected chi connectivity index (χ2v) is 6.34. The van der Waals surface area contributed by atoms with E-state index in [1.807, 2.05) is 30.3 Å². The monoisotopic (exact) mass is 351 g/mol. The Kier molecular flexibility index (Phi) is 5.46. The molecule has 0 aromatic heterocycles. The third-order valence-corrected chi connectivity index (χ3v) is 4.65. The van der Waals surface area contributed by atoms with Crippen LogP contribution < -0.4 is 0 Å². The van der Waals surface area contributed by atoms with Gasteiger partial charge < -0.3 is 4.74 Å². The van der Waals surface area contributed by atoms with Crippen LogP contribution in [-0.2, 0) is 16.0 Å². The molecule has 1 aliphatic heterocycles. The number of esters is 1. The van der Waals surface area contributed by atoms with Gasteiger partial charge in [0, 0.05) is 12.5 Å². The number of nitrogens with zero attached hydrogens (tertiary/aromatic N) is 1. The van der Waals surface area contributed by atoms with Gasteiger partial charge in [0.1, 0.15) is 0 Å². The second-order valence-electron chi connectivity index (χ2n) is 6.34. The molecule has 134 valence electrons. The van der Waals surface area contributed by atoms with Crippen molar-refractivity contribution in [2.45, 2.75) is 31.7 Å². The lowest BCUT2D eigenvalue weighted by Crippen LogP contribution is -2.41. The van der Waals surface area contributed by atoms with Gasteiger partial charge in [-0.05, 0) is 37.0 Å². The van der Waals surface area contributed by atoms with Crippen LogP contribution in [-0.4, -0.2) is 35.8 Å². The van der Waals surface area contributed by atoms with E-state index in [1.54, 1.807) is 24.3 Å². The smallest absolute Gasteiger partial charge is 0.305 e. The fourth-order valence-corrected chi connectivity index (χ4v) is 3.33. The molecular weight excluding hydrogens is 330 g/mol. The summed E-state index contributed by atoms with van der Waals surface area (Å²) in [7, 11) is 1.36. The average molecular weight is 351 g/mol. The Bertz CT molecular complexity index is 781. The van der Waals surface area contributed by atoms with E-state index in [0.29, 0.717) is 30.4 Å². The van der Waals surface area contributed by atoms with Crippen molar-refractivity contribution in [1.82, 2.24) is 4.90 Å². The molecule has 0 spiro atoms. The first-order valence-electron chi connectivity index (χ1n) is 8.69. The fraction of sp³-hybridized carbons (Fsp3) is 0.286. The summed E-state index contributed by atoms with van der Waals surface area (Å²) in [4.78, 5) is 38.4. The molecular formula is C21H21NO4. The summed E-state index contributed by atoms with van der Waals surface area (Å²) in [5.41, 5.74) is 1.94. The molecule has 1 atom stereocenters. The van der Waals surface area contributed by atoms with Crippen LogP contribution in [0.3, 0.4) is 0 Å². The van der Waals surface area contributed by atoms with Crippen molar-refractivity contribution in [1.29, 1.82) is 0 Å². The lowest BCUT2D eigenvalue weighted by molar-refractivity contribution is -0.140. The van der Waals surface area contributed by atoms with Gasteiger partial charge in [-0.2, -0.15) is 0 Å². The van der Waals surface area contributed by atoms with Crippen molar-refractivity contribution < 1.29 is 19.1 Å². The largest absolute Gasteiger partial charge is 0.469 e. The molecule has 1 heterocycles. The fourth-order valence-electron chi connectivity index (χ4n) is 3.33. The number of rotatable bonds is 7. The number of imide groups is 1. The summed E-state index contributed by atoms with van der Waals surface area (Å²) >= 11 is 0. The Morgan fingerprint density at radius 1 is 0.962 bits per heavy atom. The van der Waals surface area contributed by atoms with Gasteiger partial charge in [-0.3, -0.25) is 19.3 Å². The van der Waals surface area contributed by atoms with Crippen LogP contribution in [0.25, 0.3) is 0 Å². The van der Waals surface area contributed by atoms with Gasteiger partial charge in [0.2, 0.25) is 0 Å². The number of fused-ring (bicyclic) bond motifs is 1. The number of hydrogen-bond donors (Lipinski definition) is 0. The molecule has 5 heteroatoms. The first-order valence-corrected chi connectivity index (χ1v) is 8.69. The lowest BCUT2D eigenvalue weighted by atomic mass is 9.99. The predicted octanol–water partition coefficient (Wildman–Crippen LogP) is 3.24. The third kappa shape index (κ3) is 3.67. The van der Waals surface area contributed by atoms with E-state index in [9.17, 15) is 14.4 Å². The van der Waals surface area contributed by atoms with E-state index in [0.717, 1.165) is 5.56 Å². The highest BCUT2D eigenvalue weighted by atomic mass is 16.5. The van der Waals surface area contributed by atoms with Gasteiger partial charge in [-0.25, -0.2) is 0 Å². The van der Waals surface area contributed by atoms with Crippen molar-refractivity contribution in [2.75, 3.05) is 7.11 Å². The number of carbonyl (C=O) groups excluding carboxylic acids is 3. The van der Waals surface area contributed by atoms with Crippen molar-refractivity contribution in [3.05, 3.63) is 71.3 Å². The predicted molar refractivity (Wildman–Crippen MR) is 96.7 cm³/mol. The topological polar surface area (TPSA) is 63.7 Å². The van der Waals surface area contributed by atoms with Gasteiger partial charge in [0.25, 0.3) is 11.8 Å². The number of ether oxygens (including phenoxy) is 1. The molecule has 2 amide bonds. The maximum atomic E-state index is 12.8. The van der Waals surface area contributed by atoms with Crippen LogP contribution in [0.1, 0.15) is 45.5 Å². The minimum absolute atomic E-state index is 0.260. The maximum Gasteiger partial charge on any atom is 0.305 e. The first-order chi connectivity index (χ1) is 12.6. The zero-order chi connectivity index (χ0) is 18.5. The standard InChI is InChI=1S/C21H21NO4/c1-26-19(23)13-7-10-16(14-15-8-3-2-4-9-15)22-20(24)17-11-5-6-12-18(17)21(22)25/h2-6,8-9,11-12,16H,7,10,13-14H2,1H3. The first kappa shape index (κ1) is 17.9. The Morgan fingerprint density at radius 2 is 1.54 bits per heavy atom. The molecule has 26 heavy (non-hydrogen) atoms. The van der Waals surface area contributed by atoms with E-state index >= 15 is 0 Å². The van der Waals surface area contributed by atoms with E-state index < -0.39 is 0 Å². The van der Waals surface area contributed by atoms with Crippen molar-refractivity contribution in [3.8, 4) is 0 Å². The molecule has 3 rings (SSSR count). The highest BCUT2D eigenvalue weighted by molar-refractivity contribution is 6.21. The van der Waals surface area contributed by atoms with Crippen LogP contribution in [0.2, 0.25) is 0 Å². The maximum absolute atomic E-state index is 12.8. The minimum Gasteiger partial charge on any atom is -0.469 e. The summed E-state index contributed by atoms with van der Waals surface area (Å²) < 4.78 is 4.68. The normalized spacial score (nSPS) is 14.3. The average Bonchev–Trinajstić information content (AvgIpc) is 2.92. The molecule has 0 fully saturated rings. The second kappa shape index (κ2) is 7.95. The summed E-state index contributed by atoms with van der Waals surface area (Å²) in [5.74, 6) is -0.806. The molecule has 0 N–H and O–H groups in total. The number of amides is 2. The van der Waals surface area contributed by atoms with E-state index in [1.165, 1.54) is 12.0 Å². The molecule has 0 saturated carbocycles. The van der Waals surface area contributed by atoms with Gasteiger partial charge in [0.15, 0.2) is 0 Å². The van der Waals surface area contributed by atoms with Gasteiger partial charge >= 0.3 is 5.97 Å². The highest BCUT2D eigenvalue weighted by Gasteiger charge is 2.39. The Hall–Kier alpha value is -2.95. The van der Waals surface area contributed by atoms with Crippen LogP contribution in [0.5, 0.6) is 0 Å². The van der Waals surface area contributed by atoms with Gasteiger partial charge in [0.05, 0.1) is 18.2 Å². The summed E-state index contributed by atoms with van der Waals surface area (Å²) in [6.07, 6.45) is 1.94. The highest BCUT2D eigenvalue weighted by Crippen LogP contribution is 2.27. The Labute approximate surface area is 152 Å². The SMILES string of the molecule is COC(=O)CCCC(Cc1ccccc1)N1C(=O)c2ccccc2C1=O. The number of methoxy groups -OCH3 is 1.